The summed E-state index contributed by atoms with van der Waals surface area (Å²) in [4.78, 5) is 0. The number of benzene rings is 1. The summed E-state index contributed by atoms with van der Waals surface area (Å²) >= 11 is 0. The lowest BCUT2D eigenvalue weighted by molar-refractivity contribution is 0.0457. The summed E-state index contributed by atoms with van der Waals surface area (Å²) in [5.74, 6) is -0.372. The smallest absolute Gasteiger partial charge is 0.124 e. The van der Waals surface area contributed by atoms with Crippen LogP contribution in [-0.4, -0.2) is 6.10 Å². The lowest BCUT2D eigenvalue weighted by atomic mass is 10.0. The van der Waals surface area contributed by atoms with Crippen molar-refractivity contribution in [3.8, 4) is 6.07 Å². The molecule has 3 heteroatoms. The van der Waals surface area contributed by atoms with E-state index in [1.54, 1.807) is 6.07 Å². The van der Waals surface area contributed by atoms with Crippen molar-refractivity contribution in [2.24, 2.45) is 0 Å². The largest absolute Gasteiger partial charge is 0.374 e. The van der Waals surface area contributed by atoms with Crippen molar-refractivity contribution in [3.63, 3.8) is 0 Å². The average Bonchev–Trinajstić information content (AvgIpc) is 2.77. The van der Waals surface area contributed by atoms with Crippen molar-refractivity contribution in [1.29, 1.82) is 5.26 Å². The van der Waals surface area contributed by atoms with Gasteiger partial charge in [-0.05, 0) is 37.1 Å². The molecule has 0 aliphatic carbocycles. The first kappa shape index (κ1) is 27.6. The molecule has 1 aromatic carbocycles. The summed E-state index contributed by atoms with van der Waals surface area (Å²) in [7, 11) is 0. The quantitative estimate of drug-likeness (QED) is 0.193. The van der Waals surface area contributed by atoms with Gasteiger partial charge in [0.05, 0.1) is 24.3 Å². The van der Waals surface area contributed by atoms with E-state index in [4.69, 9.17) is 10.00 Å². The molecule has 0 heterocycles. The predicted molar refractivity (Wildman–Crippen MR) is 130 cm³/mol. The van der Waals surface area contributed by atoms with Gasteiger partial charge in [-0.1, -0.05) is 110 Å². The molecule has 0 radical (unpaired) electrons. The molecule has 0 saturated carbocycles. The van der Waals surface area contributed by atoms with Crippen molar-refractivity contribution in [1.82, 2.24) is 0 Å². The van der Waals surface area contributed by atoms with Gasteiger partial charge in [0, 0.05) is 0 Å². The minimum absolute atomic E-state index is 0.167. The van der Waals surface area contributed by atoms with Crippen LogP contribution in [0.15, 0.2) is 18.2 Å². The van der Waals surface area contributed by atoms with Crippen LogP contribution >= 0.6 is 0 Å². The minimum atomic E-state index is -0.372. The van der Waals surface area contributed by atoms with E-state index in [2.05, 4.69) is 13.8 Å². The fourth-order valence-electron chi connectivity index (χ4n) is 4.10. The fourth-order valence-corrected chi connectivity index (χ4v) is 4.10. The second-order valence-corrected chi connectivity index (χ2v) is 9.17. The van der Waals surface area contributed by atoms with E-state index < -0.39 is 0 Å². The number of hydrogen-bond donors (Lipinski definition) is 0. The number of nitriles is 1. The summed E-state index contributed by atoms with van der Waals surface area (Å²) in [6.45, 7) is 4.73. The van der Waals surface area contributed by atoms with Gasteiger partial charge in [0.1, 0.15) is 5.82 Å². The van der Waals surface area contributed by atoms with Crippen LogP contribution in [0.3, 0.4) is 0 Å². The van der Waals surface area contributed by atoms with Gasteiger partial charge in [-0.25, -0.2) is 4.39 Å². The molecular weight excluding hydrogens is 385 g/mol. The molecule has 1 atom stereocenters. The van der Waals surface area contributed by atoms with E-state index in [1.165, 1.54) is 115 Å². The van der Waals surface area contributed by atoms with Crippen LogP contribution in [0.2, 0.25) is 0 Å². The molecule has 31 heavy (non-hydrogen) atoms. The van der Waals surface area contributed by atoms with Gasteiger partial charge in [-0.2, -0.15) is 5.26 Å². The SMILES string of the molecule is CCCCCCCCCCCCCCCCCCC(C)OCc1cc(F)cc(C#N)c1. The number of rotatable bonds is 20. The topological polar surface area (TPSA) is 33.0 Å². The maximum Gasteiger partial charge on any atom is 0.124 e. The fraction of sp³-hybridized carbons (Fsp3) is 0.750. The molecule has 1 unspecified atom stereocenters. The Hall–Kier alpha value is -1.40. The molecule has 0 fully saturated rings. The molecule has 0 bridgehead atoms. The van der Waals surface area contributed by atoms with Gasteiger partial charge < -0.3 is 4.74 Å². The van der Waals surface area contributed by atoms with E-state index in [9.17, 15) is 4.39 Å². The predicted octanol–water partition coefficient (Wildman–Crippen LogP) is 9.25. The molecule has 1 rings (SSSR count). The van der Waals surface area contributed by atoms with Gasteiger partial charge in [-0.15, -0.1) is 0 Å². The van der Waals surface area contributed by atoms with E-state index in [1.807, 2.05) is 6.07 Å². The van der Waals surface area contributed by atoms with Crippen LogP contribution in [0.5, 0.6) is 0 Å². The van der Waals surface area contributed by atoms with Crippen molar-refractivity contribution in [2.45, 2.75) is 136 Å². The monoisotopic (exact) mass is 431 g/mol. The summed E-state index contributed by atoms with van der Waals surface area (Å²) < 4.78 is 19.3. The highest BCUT2D eigenvalue weighted by Crippen LogP contribution is 2.16. The summed E-state index contributed by atoms with van der Waals surface area (Å²) in [5.41, 5.74) is 1.08. The third-order valence-electron chi connectivity index (χ3n) is 6.09. The van der Waals surface area contributed by atoms with Gasteiger partial charge in [-0.3, -0.25) is 0 Å². The normalized spacial score (nSPS) is 12.1. The molecule has 0 amide bonds. The Bertz CT molecular complexity index is 595. The van der Waals surface area contributed by atoms with E-state index >= 15 is 0 Å². The molecule has 176 valence electrons. The molecule has 0 saturated heterocycles. The first-order valence-corrected chi connectivity index (χ1v) is 13.0. The molecular formula is C28H46FNO. The zero-order valence-corrected chi connectivity index (χ0v) is 20.3. The minimum Gasteiger partial charge on any atom is -0.374 e. The number of hydrogen-bond acceptors (Lipinski definition) is 2. The Labute approximate surface area is 191 Å². The van der Waals surface area contributed by atoms with Crippen molar-refractivity contribution < 1.29 is 9.13 Å². The second kappa shape index (κ2) is 19.3. The van der Waals surface area contributed by atoms with Crippen molar-refractivity contribution in [3.05, 3.63) is 35.1 Å². The van der Waals surface area contributed by atoms with Gasteiger partial charge in [0.15, 0.2) is 0 Å². The third kappa shape index (κ3) is 16.0. The first-order valence-electron chi connectivity index (χ1n) is 13.0. The number of ether oxygens (including phenoxy) is 1. The van der Waals surface area contributed by atoms with Crippen LogP contribution in [0.25, 0.3) is 0 Å². The molecule has 2 nitrogen and oxygen atoms in total. The summed E-state index contributed by atoms with van der Waals surface area (Å²) in [6, 6.07) is 6.38. The van der Waals surface area contributed by atoms with Gasteiger partial charge in [0.25, 0.3) is 0 Å². The number of unbranched alkanes of at least 4 members (excludes halogenated alkanes) is 15. The third-order valence-corrected chi connectivity index (χ3v) is 6.09. The molecule has 1 aromatic rings. The van der Waals surface area contributed by atoms with Gasteiger partial charge in [0.2, 0.25) is 0 Å². The zero-order valence-electron chi connectivity index (χ0n) is 20.3. The van der Waals surface area contributed by atoms with Gasteiger partial charge >= 0.3 is 0 Å². The lowest BCUT2D eigenvalue weighted by Gasteiger charge is -2.13. The summed E-state index contributed by atoms with van der Waals surface area (Å²) in [5, 5.41) is 8.92. The second-order valence-electron chi connectivity index (χ2n) is 9.17. The highest BCUT2D eigenvalue weighted by atomic mass is 19.1. The van der Waals surface area contributed by atoms with Crippen LogP contribution < -0.4 is 0 Å². The average molecular weight is 432 g/mol. The molecule has 0 spiro atoms. The highest BCUT2D eigenvalue weighted by Gasteiger charge is 2.05. The Morgan fingerprint density at radius 1 is 0.774 bits per heavy atom. The van der Waals surface area contributed by atoms with E-state index in [0.717, 1.165) is 12.0 Å². The van der Waals surface area contributed by atoms with Crippen molar-refractivity contribution in [2.75, 3.05) is 0 Å². The Morgan fingerprint density at radius 3 is 1.74 bits per heavy atom. The summed E-state index contributed by atoms with van der Waals surface area (Å²) in [6.07, 6.45) is 23.3. The maximum atomic E-state index is 13.4. The Balaban J connectivity index is 1.87. The highest BCUT2D eigenvalue weighted by molar-refractivity contribution is 5.33. The first-order chi connectivity index (χ1) is 15.2. The Morgan fingerprint density at radius 2 is 1.26 bits per heavy atom. The van der Waals surface area contributed by atoms with E-state index in [0.29, 0.717) is 12.2 Å². The number of halogens is 1. The van der Waals surface area contributed by atoms with Crippen molar-refractivity contribution >= 4 is 0 Å². The molecule has 0 aliphatic rings. The molecule has 0 N–H and O–H groups in total. The van der Waals surface area contributed by atoms with Crippen LogP contribution in [0.1, 0.15) is 134 Å². The maximum absolute atomic E-state index is 13.4. The lowest BCUT2D eigenvalue weighted by Crippen LogP contribution is -2.08. The Kier molecular flexibility index (Phi) is 17.2. The molecule has 0 aliphatic heterocycles. The van der Waals surface area contributed by atoms with Crippen LogP contribution in [0, 0.1) is 17.1 Å². The number of nitrogens with zero attached hydrogens (tertiary/aromatic N) is 1. The zero-order chi connectivity index (χ0) is 22.6. The van der Waals surface area contributed by atoms with E-state index in [-0.39, 0.29) is 11.9 Å². The standard InChI is InChI=1S/C28H46FNO/c1-3-4-5-6-7-8-9-10-11-12-13-14-15-16-17-18-19-25(2)31-24-27-20-26(23-30)21-28(29)22-27/h20-22,25H,3-19,24H2,1-2H3. The van der Waals surface area contributed by atoms with Crippen LogP contribution in [0.4, 0.5) is 4.39 Å². The van der Waals surface area contributed by atoms with Crippen LogP contribution in [-0.2, 0) is 11.3 Å². The molecule has 0 aromatic heterocycles.